The van der Waals surface area contributed by atoms with Gasteiger partial charge in [0.15, 0.2) is 0 Å². The first kappa shape index (κ1) is 24.4. The summed E-state index contributed by atoms with van der Waals surface area (Å²) in [5.74, 6) is 0.525. The van der Waals surface area contributed by atoms with Crippen LogP contribution in [0.5, 0.6) is 5.75 Å². The zero-order valence-corrected chi connectivity index (χ0v) is 20.1. The summed E-state index contributed by atoms with van der Waals surface area (Å²) in [4.78, 5) is 28.3. The van der Waals surface area contributed by atoms with Crippen LogP contribution in [-0.4, -0.2) is 35.9 Å². The molecule has 0 aromatic heterocycles. The molecule has 0 spiro atoms. The minimum Gasteiger partial charge on any atom is -0.497 e. The number of rotatable bonds is 9. The van der Waals surface area contributed by atoms with Crippen molar-refractivity contribution in [1.29, 1.82) is 0 Å². The van der Waals surface area contributed by atoms with Crippen LogP contribution in [0.1, 0.15) is 50.2 Å². The smallest absolute Gasteiger partial charge is 0.243 e. The Morgan fingerprint density at radius 1 is 1.06 bits per heavy atom. The molecule has 0 unspecified atom stereocenters. The highest BCUT2D eigenvalue weighted by Gasteiger charge is 2.30. The van der Waals surface area contributed by atoms with E-state index in [1.54, 1.807) is 30.2 Å². The van der Waals surface area contributed by atoms with Crippen molar-refractivity contribution in [3.63, 3.8) is 0 Å². The van der Waals surface area contributed by atoms with Crippen molar-refractivity contribution in [2.24, 2.45) is 0 Å². The molecule has 172 valence electrons. The highest BCUT2D eigenvalue weighted by atomic mass is 35.5. The fourth-order valence-electron chi connectivity index (χ4n) is 4.14. The molecule has 2 aromatic carbocycles. The molecule has 5 nitrogen and oxygen atoms in total. The summed E-state index contributed by atoms with van der Waals surface area (Å²) in [6.07, 6.45) is 4.93. The van der Waals surface area contributed by atoms with Gasteiger partial charge in [0.05, 0.1) is 23.6 Å². The maximum absolute atomic E-state index is 13.4. The Bertz CT molecular complexity index is 927. The lowest BCUT2D eigenvalue weighted by atomic mass is 10.1. The molecule has 3 rings (SSSR count). The standard InChI is InChI=1S/C25H30Cl2N2O3/c1-3-23(25(31)28-19-6-4-5-7-19)29(16-17-8-11-20(32-2)12-9-17)24(30)15-18-10-13-21(26)22(27)14-18/h8-14,19,23H,3-7,15-16H2,1-2H3,(H,28,31)/t23-/m0/s1. The van der Waals surface area contributed by atoms with Gasteiger partial charge in [0.25, 0.3) is 0 Å². The highest BCUT2D eigenvalue weighted by molar-refractivity contribution is 6.42. The second-order valence-corrected chi connectivity index (χ2v) is 9.02. The Balaban J connectivity index is 1.82. The summed E-state index contributed by atoms with van der Waals surface area (Å²) in [6, 6.07) is 12.4. The van der Waals surface area contributed by atoms with Gasteiger partial charge in [-0.25, -0.2) is 0 Å². The van der Waals surface area contributed by atoms with Gasteiger partial charge in [-0.2, -0.15) is 0 Å². The van der Waals surface area contributed by atoms with Crippen LogP contribution >= 0.6 is 23.2 Å². The van der Waals surface area contributed by atoms with Crippen LogP contribution < -0.4 is 10.1 Å². The number of halogens is 2. The SMILES string of the molecule is CC[C@@H](C(=O)NC1CCCC1)N(Cc1ccc(OC)cc1)C(=O)Cc1ccc(Cl)c(Cl)c1. The molecule has 0 bridgehead atoms. The molecule has 1 aliphatic rings. The molecular weight excluding hydrogens is 447 g/mol. The molecule has 0 aliphatic heterocycles. The van der Waals surface area contributed by atoms with Crippen molar-refractivity contribution in [1.82, 2.24) is 10.2 Å². The van der Waals surface area contributed by atoms with Gasteiger partial charge < -0.3 is 15.0 Å². The third-order valence-corrected chi connectivity index (χ3v) is 6.68. The van der Waals surface area contributed by atoms with E-state index in [4.69, 9.17) is 27.9 Å². The predicted octanol–water partition coefficient (Wildman–Crippen LogP) is 5.41. The van der Waals surface area contributed by atoms with Gasteiger partial charge in [-0.3, -0.25) is 9.59 Å². The number of nitrogens with zero attached hydrogens (tertiary/aromatic N) is 1. The number of hydrogen-bond donors (Lipinski definition) is 1. The number of ether oxygens (including phenoxy) is 1. The van der Waals surface area contributed by atoms with Gasteiger partial charge in [-0.05, 0) is 54.7 Å². The van der Waals surface area contributed by atoms with Crippen molar-refractivity contribution in [3.8, 4) is 5.75 Å². The third kappa shape index (κ3) is 6.39. The minimum atomic E-state index is -0.548. The molecule has 0 saturated heterocycles. The van der Waals surface area contributed by atoms with Crippen molar-refractivity contribution in [2.45, 2.75) is 64.1 Å². The number of methoxy groups -OCH3 is 1. The summed E-state index contributed by atoms with van der Waals surface area (Å²) >= 11 is 12.2. The molecule has 2 amide bonds. The van der Waals surface area contributed by atoms with Crippen molar-refractivity contribution in [3.05, 3.63) is 63.6 Å². The summed E-state index contributed by atoms with van der Waals surface area (Å²) in [5.41, 5.74) is 1.69. The monoisotopic (exact) mass is 476 g/mol. The topological polar surface area (TPSA) is 58.6 Å². The van der Waals surface area contributed by atoms with Crippen molar-refractivity contribution in [2.75, 3.05) is 7.11 Å². The molecule has 1 atom stereocenters. The normalized spacial score (nSPS) is 14.8. The molecule has 0 heterocycles. The van der Waals surface area contributed by atoms with Crippen LogP contribution in [0.25, 0.3) is 0 Å². The Kier molecular flexibility index (Phi) is 8.83. The van der Waals surface area contributed by atoms with Crippen LogP contribution in [0.3, 0.4) is 0 Å². The van der Waals surface area contributed by atoms with Gasteiger partial charge in [-0.15, -0.1) is 0 Å². The summed E-state index contributed by atoms with van der Waals surface area (Å²) in [7, 11) is 1.61. The number of carbonyl (C=O) groups excluding carboxylic acids is 2. The zero-order chi connectivity index (χ0) is 23.1. The fourth-order valence-corrected chi connectivity index (χ4v) is 4.46. The molecule has 1 N–H and O–H groups in total. The van der Waals surface area contributed by atoms with E-state index in [1.165, 1.54) is 0 Å². The first-order valence-corrected chi connectivity index (χ1v) is 11.8. The number of carbonyl (C=O) groups is 2. The number of amides is 2. The average molecular weight is 477 g/mol. The average Bonchev–Trinajstić information content (AvgIpc) is 3.29. The molecule has 7 heteroatoms. The molecular formula is C25H30Cl2N2O3. The van der Waals surface area contributed by atoms with E-state index >= 15 is 0 Å². The number of hydrogen-bond acceptors (Lipinski definition) is 3. The second-order valence-electron chi connectivity index (χ2n) is 8.21. The van der Waals surface area contributed by atoms with Gasteiger partial charge in [0, 0.05) is 12.6 Å². The number of benzene rings is 2. The maximum atomic E-state index is 13.4. The minimum absolute atomic E-state index is 0.0876. The van der Waals surface area contributed by atoms with Crippen LogP contribution in [0.4, 0.5) is 0 Å². The maximum Gasteiger partial charge on any atom is 0.243 e. The Morgan fingerprint density at radius 2 is 1.72 bits per heavy atom. The molecule has 1 aliphatic carbocycles. The molecule has 32 heavy (non-hydrogen) atoms. The third-order valence-electron chi connectivity index (χ3n) is 5.94. The van der Waals surface area contributed by atoms with Gasteiger partial charge in [0.1, 0.15) is 11.8 Å². The van der Waals surface area contributed by atoms with Crippen molar-refractivity contribution >= 4 is 35.0 Å². The van der Waals surface area contributed by atoms with E-state index < -0.39 is 6.04 Å². The molecule has 1 saturated carbocycles. The van der Waals surface area contributed by atoms with E-state index in [2.05, 4.69) is 5.32 Å². The van der Waals surface area contributed by atoms with E-state index in [0.717, 1.165) is 42.6 Å². The van der Waals surface area contributed by atoms with E-state index in [-0.39, 0.29) is 24.3 Å². The van der Waals surface area contributed by atoms with Crippen LogP contribution in [-0.2, 0) is 22.6 Å². The van der Waals surface area contributed by atoms with Gasteiger partial charge >= 0.3 is 0 Å². The first-order valence-electron chi connectivity index (χ1n) is 11.1. The molecule has 2 aromatic rings. The summed E-state index contributed by atoms with van der Waals surface area (Å²) < 4.78 is 5.23. The van der Waals surface area contributed by atoms with E-state index in [9.17, 15) is 9.59 Å². The summed E-state index contributed by atoms with van der Waals surface area (Å²) in [6.45, 7) is 2.27. The predicted molar refractivity (Wildman–Crippen MR) is 128 cm³/mol. The molecule has 0 radical (unpaired) electrons. The lowest BCUT2D eigenvalue weighted by molar-refractivity contribution is -0.141. The van der Waals surface area contributed by atoms with Crippen LogP contribution in [0.15, 0.2) is 42.5 Å². The van der Waals surface area contributed by atoms with Gasteiger partial charge in [-0.1, -0.05) is 61.2 Å². The Hall–Kier alpha value is -2.24. The van der Waals surface area contributed by atoms with Crippen LogP contribution in [0.2, 0.25) is 10.0 Å². The Labute approximate surface area is 200 Å². The van der Waals surface area contributed by atoms with Crippen molar-refractivity contribution < 1.29 is 14.3 Å². The Morgan fingerprint density at radius 3 is 2.31 bits per heavy atom. The largest absolute Gasteiger partial charge is 0.497 e. The first-order chi connectivity index (χ1) is 15.4. The quantitative estimate of drug-likeness (QED) is 0.526. The van der Waals surface area contributed by atoms with Gasteiger partial charge in [0.2, 0.25) is 11.8 Å². The number of nitrogens with one attached hydrogen (secondary N) is 1. The summed E-state index contributed by atoms with van der Waals surface area (Å²) in [5, 5.41) is 4.01. The fraction of sp³-hybridized carbons (Fsp3) is 0.440. The second kappa shape index (κ2) is 11.6. The van der Waals surface area contributed by atoms with E-state index in [1.807, 2.05) is 31.2 Å². The lowest BCUT2D eigenvalue weighted by Gasteiger charge is -2.31. The van der Waals surface area contributed by atoms with E-state index in [0.29, 0.717) is 23.0 Å². The van der Waals surface area contributed by atoms with Crippen LogP contribution in [0, 0.1) is 0 Å². The lowest BCUT2D eigenvalue weighted by Crippen LogP contribution is -2.51. The highest BCUT2D eigenvalue weighted by Crippen LogP contribution is 2.24. The molecule has 1 fully saturated rings. The zero-order valence-electron chi connectivity index (χ0n) is 18.6.